The molecule has 2 atom stereocenters. The second kappa shape index (κ2) is 10.2. The molecule has 0 spiro atoms. The molecule has 0 aromatic heterocycles. The zero-order chi connectivity index (χ0) is 20.6. The minimum absolute atomic E-state index is 0.0138. The third-order valence-corrected chi connectivity index (χ3v) is 5.48. The standard InChI is InChI=1S/C20H28N4O5/c1-15-4-2-3-5-17(15)22-20(25)14-29-21-13-16-6-7-18(19(12-16)24(26)27)23-8-10-28-11-9-23/h6-7,12-13,15,17H,2-5,8-11,14H2,1H3,(H,22,25)/b21-13-/t15-,17+/m1/s1. The summed E-state index contributed by atoms with van der Waals surface area (Å²) in [4.78, 5) is 30.1. The molecular formula is C20H28N4O5. The Kier molecular flexibility index (Phi) is 7.40. The van der Waals surface area contributed by atoms with E-state index < -0.39 is 4.92 Å². The highest BCUT2D eigenvalue weighted by Gasteiger charge is 2.23. The number of hydrogen-bond acceptors (Lipinski definition) is 7. The van der Waals surface area contributed by atoms with Crippen LogP contribution in [0, 0.1) is 16.0 Å². The SMILES string of the molecule is C[C@@H]1CCCC[C@@H]1NC(=O)CO/N=C\c1ccc(N2CCOCC2)c([N+](=O)[O-])c1. The lowest BCUT2D eigenvalue weighted by Gasteiger charge is -2.29. The molecule has 158 valence electrons. The Bertz CT molecular complexity index is 748. The van der Waals surface area contributed by atoms with E-state index in [1.165, 1.54) is 18.7 Å². The molecule has 9 nitrogen and oxygen atoms in total. The molecule has 1 aromatic rings. The maximum atomic E-state index is 12.0. The summed E-state index contributed by atoms with van der Waals surface area (Å²) in [6.45, 7) is 4.31. The van der Waals surface area contributed by atoms with E-state index in [2.05, 4.69) is 17.4 Å². The van der Waals surface area contributed by atoms with E-state index in [1.807, 2.05) is 4.90 Å². The lowest BCUT2D eigenvalue weighted by Crippen LogP contribution is -2.42. The first-order valence-electron chi connectivity index (χ1n) is 10.1. The Morgan fingerprint density at radius 3 is 2.86 bits per heavy atom. The van der Waals surface area contributed by atoms with Crippen molar-refractivity contribution in [2.24, 2.45) is 11.1 Å². The first-order chi connectivity index (χ1) is 14.0. The number of benzene rings is 1. The Morgan fingerprint density at radius 2 is 2.14 bits per heavy atom. The number of hydrogen-bond donors (Lipinski definition) is 1. The minimum atomic E-state index is -0.401. The van der Waals surface area contributed by atoms with Crippen LogP contribution in [0.25, 0.3) is 0 Å². The number of anilines is 1. The maximum Gasteiger partial charge on any atom is 0.293 e. The number of nitro groups is 1. The van der Waals surface area contributed by atoms with Crippen LogP contribution in [0.1, 0.15) is 38.2 Å². The van der Waals surface area contributed by atoms with Crippen molar-refractivity contribution in [1.29, 1.82) is 0 Å². The fraction of sp³-hybridized carbons (Fsp3) is 0.600. The van der Waals surface area contributed by atoms with Crippen LogP contribution in [0.3, 0.4) is 0 Å². The highest BCUT2D eigenvalue weighted by Crippen LogP contribution is 2.29. The summed E-state index contributed by atoms with van der Waals surface area (Å²) in [5.41, 5.74) is 1.12. The van der Waals surface area contributed by atoms with Gasteiger partial charge in [0.1, 0.15) is 5.69 Å². The van der Waals surface area contributed by atoms with Crippen molar-refractivity contribution in [2.75, 3.05) is 37.8 Å². The van der Waals surface area contributed by atoms with Crippen LogP contribution in [0.4, 0.5) is 11.4 Å². The summed E-state index contributed by atoms with van der Waals surface area (Å²) in [5, 5.41) is 18.3. The molecule has 1 heterocycles. The number of amides is 1. The molecule has 1 aliphatic heterocycles. The summed E-state index contributed by atoms with van der Waals surface area (Å²) in [5.74, 6) is 0.274. The monoisotopic (exact) mass is 404 g/mol. The number of carbonyl (C=O) groups excluding carboxylic acids is 1. The van der Waals surface area contributed by atoms with E-state index in [-0.39, 0.29) is 24.2 Å². The van der Waals surface area contributed by atoms with Gasteiger partial charge in [-0.25, -0.2) is 0 Å². The summed E-state index contributed by atoms with van der Waals surface area (Å²) in [6.07, 6.45) is 5.85. The highest BCUT2D eigenvalue weighted by atomic mass is 16.6. The van der Waals surface area contributed by atoms with Gasteiger partial charge in [-0.1, -0.05) is 31.0 Å². The van der Waals surface area contributed by atoms with Crippen LogP contribution >= 0.6 is 0 Å². The van der Waals surface area contributed by atoms with Crippen molar-refractivity contribution < 1.29 is 19.3 Å². The van der Waals surface area contributed by atoms with Gasteiger partial charge in [-0.05, 0) is 24.8 Å². The van der Waals surface area contributed by atoms with Crippen molar-refractivity contribution in [2.45, 2.75) is 38.6 Å². The van der Waals surface area contributed by atoms with E-state index in [4.69, 9.17) is 9.57 Å². The average Bonchev–Trinajstić information content (AvgIpc) is 2.73. The summed E-state index contributed by atoms with van der Waals surface area (Å²) in [7, 11) is 0. The van der Waals surface area contributed by atoms with Gasteiger partial charge in [0.15, 0.2) is 6.61 Å². The quantitative estimate of drug-likeness (QED) is 0.425. The molecule has 1 aliphatic carbocycles. The van der Waals surface area contributed by atoms with E-state index >= 15 is 0 Å². The first kappa shape index (κ1) is 21.0. The number of carbonyl (C=O) groups is 1. The molecule has 0 radical (unpaired) electrons. The molecule has 0 bridgehead atoms. The first-order valence-corrected chi connectivity index (χ1v) is 10.1. The summed E-state index contributed by atoms with van der Waals surface area (Å²) in [6, 6.07) is 5.11. The zero-order valence-corrected chi connectivity index (χ0v) is 16.7. The van der Waals surface area contributed by atoms with Gasteiger partial charge in [-0.3, -0.25) is 14.9 Å². The average molecular weight is 404 g/mol. The molecule has 29 heavy (non-hydrogen) atoms. The van der Waals surface area contributed by atoms with E-state index in [9.17, 15) is 14.9 Å². The highest BCUT2D eigenvalue weighted by molar-refractivity contribution is 5.83. The smallest absolute Gasteiger partial charge is 0.293 e. The summed E-state index contributed by atoms with van der Waals surface area (Å²) < 4.78 is 5.30. The van der Waals surface area contributed by atoms with Gasteiger partial charge in [0.25, 0.3) is 11.6 Å². The van der Waals surface area contributed by atoms with Crippen LogP contribution in [0.2, 0.25) is 0 Å². The van der Waals surface area contributed by atoms with Crippen molar-refractivity contribution in [3.8, 4) is 0 Å². The zero-order valence-electron chi connectivity index (χ0n) is 16.7. The normalized spacial score (nSPS) is 22.4. The van der Waals surface area contributed by atoms with Gasteiger partial charge in [0, 0.05) is 30.8 Å². The van der Waals surface area contributed by atoms with Gasteiger partial charge in [0.05, 0.1) is 24.4 Å². The fourth-order valence-corrected chi connectivity index (χ4v) is 3.81. The molecule has 1 saturated heterocycles. The number of nitrogens with one attached hydrogen (secondary N) is 1. The molecule has 1 saturated carbocycles. The molecule has 2 fully saturated rings. The topological polar surface area (TPSA) is 106 Å². The van der Waals surface area contributed by atoms with Crippen LogP contribution in [-0.4, -0.2) is 56.0 Å². The fourth-order valence-electron chi connectivity index (χ4n) is 3.81. The van der Waals surface area contributed by atoms with E-state index in [1.54, 1.807) is 12.1 Å². The summed E-state index contributed by atoms with van der Waals surface area (Å²) >= 11 is 0. The Hall–Kier alpha value is -2.68. The predicted octanol–water partition coefficient (Wildman–Crippen LogP) is 2.48. The van der Waals surface area contributed by atoms with Crippen LogP contribution < -0.4 is 10.2 Å². The maximum absolute atomic E-state index is 12.0. The number of nitrogens with zero attached hydrogens (tertiary/aromatic N) is 3. The lowest BCUT2D eigenvalue weighted by molar-refractivity contribution is -0.384. The van der Waals surface area contributed by atoms with Crippen LogP contribution in [-0.2, 0) is 14.4 Å². The largest absolute Gasteiger partial charge is 0.386 e. The van der Waals surface area contributed by atoms with E-state index in [0.29, 0.717) is 43.5 Å². The minimum Gasteiger partial charge on any atom is -0.386 e. The predicted molar refractivity (Wildman–Crippen MR) is 109 cm³/mol. The lowest BCUT2D eigenvalue weighted by atomic mass is 9.86. The van der Waals surface area contributed by atoms with Crippen LogP contribution in [0.15, 0.2) is 23.4 Å². The molecule has 9 heteroatoms. The van der Waals surface area contributed by atoms with Crippen molar-refractivity contribution in [3.63, 3.8) is 0 Å². The van der Waals surface area contributed by atoms with Gasteiger partial charge in [0.2, 0.25) is 0 Å². The molecule has 1 aromatic carbocycles. The molecule has 1 amide bonds. The molecule has 1 N–H and O–H groups in total. The van der Waals surface area contributed by atoms with Gasteiger partial charge in [-0.2, -0.15) is 0 Å². The molecule has 3 rings (SSSR count). The number of ether oxygens (including phenoxy) is 1. The number of morpholine rings is 1. The van der Waals surface area contributed by atoms with Crippen LogP contribution in [0.5, 0.6) is 0 Å². The number of rotatable bonds is 7. The van der Waals surface area contributed by atoms with Crippen molar-refractivity contribution in [1.82, 2.24) is 5.32 Å². The molecular weight excluding hydrogens is 376 g/mol. The number of nitro benzene ring substituents is 1. The molecule has 0 unspecified atom stereocenters. The molecule has 2 aliphatic rings. The van der Waals surface area contributed by atoms with E-state index in [0.717, 1.165) is 19.3 Å². The third-order valence-electron chi connectivity index (χ3n) is 5.48. The third kappa shape index (κ3) is 5.90. The second-order valence-corrected chi connectivity index (χ2v) is 7.55. The number of oxime groups is 1. The Morgan fingerprint density at radius 1 is 1.38 bits per heavy atom. The second-order valence-electron chi connectivity index (χ2n) is 7.55. The van der Waals surface area contributed by atoms with Gasteiger partial charge < -0.3 is 19.8 Å². The van der Waals surface area contributed by atoms with Gasteiger partial charge >= 0.3 is 0 Å². The van der Waals surface area contributed by atoms with Crippen molar-refractivity contribution in [3.05, 3.63) is 33.9 Å². The Balaban J connectivity index is 1.54. The van der Waals surface area contributed by atoms with Crippen molar-refractivity contribution >= 4 is 23.5 Å². The van der Waals surface area contributed by atoms with Gasteiger partial charge in [-0.15, -0.1) is 0 Å². The Labute approximate surface area is 170 Å².